The molecule has 0 spiro atoms. The Morgan fingerprint density at radius 1 is 1.09 bits per heavy atom. The first-order valence-corrected chi connectivity index (χ1v) is 11.4. The number of imide groups is 1. The Morgan fingerprint density at radius 3 is 2.47 bits per heavy atom. The topological polar surface area (TPSA) is 59.1 Å². The summed E-state index contributed by atoms with van der Waals surface area (Å²) in [7, 11) is 0. The molecule has 0 N–H and O–H groups in total. The summed E-state index contributed by atoms with van der Waals surface area (Å²) in [5.41, 5.74) is 3.49. The molecule has 0 aliphatic carbocycles. The summed E-state index contributed by atoms with van der Waals surface area (Å²) < 4.78 is 25.6. The molecule has 1 saturated heterocycles. The number of amides is 2. The zero-order valence-corrected chi connectivity index (χ0v) is 19.6. The van der Waals surface area contributed by atoms with Gasteiger partial charge in [0.2, 0.25) is 5.91 Å². The lowest BCUT2D eigenvalue weighted by Crippen LogP contribution is -2.35. The minimum atomic E-state index is -0.682. The minimum absolute atomic E-state index is 0.246. The number of morpholine rings is 1. The van der Waals surface area contributed by atoms with Crippen LogP contribution < -0.4 is 4.90 Å². The van der Waals surface area contributed by atoms with E-state index in [1.807, 2.05) is 19.9 Å². The lowest BCUT2D eigenvalue weighted by atomic mass is 9.91. The van der Waals surface area contributed by atoms with E-state index in [-0.39, 0.29) is 11.3 Å². The predicted octanol–water partition coefficient (Wildman–Crippen LogP) is 4.15. The number of carbonyl (C=O) groups excluding carboxylic acids is 2. The number of hydrogen-bond donors (Lipinski definition) is 0. The van der Waals surface area contributed by atoms with Gasteiger partial charge in [-0.25, -0.2) is 9.29 Å². The van der Waals surface area contributed by atoms with Gasteiger partial charge in [0, 0.05) is 37.7 Å². The van der Waals surface area contributed by atoms with Crippen molar-refractivity contribution in [2.45, 2.75) is 32.9 Å². The van der Waals surface area contributed by atoms with Gasteiger partial charge in [0.25, 0.3) is 5.91 Å². The molecule has 7 heteroatoms. The molecule has 1 fully saturated rings. The number of ether oxygens (including phenoxy) is 2. The molecule has 0 radical (unpaired) electrons. The van der Waals surface area contributed by atoms with Gasteiger partial charge < -0.3 is 9.47 Å². The van der Waals surface area contributed by atoms with Crippen molar-refractivity contribution < 1.29 is 23.5 Å². The molecule has 176 valence electrons. The second-order valence-corrected chi connectivity index (χ2v) is 9.32. The summed E-state index contributed by atoms with van der Waals surface area (Å²) in [5.74, 6) is -1.09. The second kappa shape index (κ2) is 8.49. The average Bonchev–Trinajstić information content (AvgIpc) is 3.26. The Kier molecular flexibility index (Phi) is 5.62. The lowest BCUT2D eigenvalue weighted by molar-refractivity contribution is -0.122. The second-order valence-electron chi connectivity index (χ2n) is 9.32. The van der Waals surface area contributed by atoms with E-state index in [2.05, 4.69) is 29.2 Å². The van der Waals surface area contributed by atoms with E-state index in [9.17, 15) is 14.0 Å². The molecule has 2 aromatic rings. The van der Waals surface area contributed by atoms with Crippen molar-refractivity contribution in [1.29, 1.82) is 0 Å². The molecule has 3 aliphatic heterocycles. The van der Waals surface area contributed by atoms with Gasteiger partial charge in [-0.2, -0.15) is 0 Å². The molecule has 0 unspecified atom stereocenters. The highest BCUT2D eigenvalue weighted by molar-refractivity contribution is 6.40. The number of hydrogen-bond acceptors (Lipinski definition) is 5. The molecular weight excluding hydrogens is 435 g/mol. The van der Waals surface area contributed by atoms with Crippen molar-refractivity contribution >= 4 is 28.6 Å². The molecule has 3 aliphatic rings. The Hall–Kier alpha value is -3.29. The first-order chi connectivity index (χ1) is 16.2. The fourth-order valence-electron chi connectivity index (χ4n) is 4.81. The highest BCUT2D eigenvalue weighted by Crippen LogP contribution is 2.46. The van der Waals surface area contributed by atoms with E-state index in [0.29, 0.717) is 11.3 Å². The van der Waals surface area contributed by atoms with Crippen LogP contribution in [0.25, 0.3) is 11.1 Å². The van der Waals surface area contributed by atoms with E-state index in [1.54, 1.807) is 0 Å². The van der Waals surface area contributed by atoms with Gasteiger partial charge in [0.1, 0.15) is 17.2 Å². The molecule has 2 amide bonds. The van der Waals surface area contributed by atoms with Crippen LogP contribution in [0.1, 0.15) is 37.5 Å². The first-order valence-electron chi connectivity index (χ1n) is 11.4. The van der Waals surface area contributed by atoms with Crippen LogP contribution >= 0.6 is 0 Å². The van der Waals surface area contributed by atoms with E-state index in [0.717, 1.165) is 48.9 Å². The maximum atomic E-state index is 13.9. The van der Waals surface area contributed by atoms with E-state index >= 15 is 0 Å². The van der Waals surface area contributed by atoms with E-state index < -0.39 is 23.2 Å². The summed E-state index contributed by atoms with van der Waals surface area (Å²) >= 11 is 0. The molecule has 5 rings (SSSR count). The van der Waals surface area contributed by atoms with Crippen LogP contribution in [0.3, 0.4) is 0 Å². The van der Waals surface area contributed by atoms with Gasteiger partial charge in [-0.05, 0) is 49.2 Å². The van der Waals surface area contributed by atoms with Crippen LogP contribution in [0, 0.1) is 5.82 Å². The zero-order chi connectivity index (χ0) is 24.0. The SMILES string of the molecule is CC(=O)N1C(=O)/C(=C2\C=C(c3ccc(CN4CCOCC4)cc3)C(C)(C)O2)c2ccc(F)cc21. The van der Waals surface area contributed by atoms with Crippen molar-refractivity contribution in [2.24, 2.45) is 0 Å². The van der Waals surface area contributed by atoms with Crippen molar-refractivity contribution in [3.63, 3.8) is 0 Å². The fourth-order valence-corrected chi connectivity index (χ4v) is 4.81. The number of nitrogens with zero attached hydrogens (tertiary/aromatic N) is 2. The van der Waals surface area contributed by atoms with E-state index in [1.165, 1.54) is 30.7 Å². The number of allylic oxidation sites excluding steroid dienone is 1. The quantitative estimate of drug-likeness (QED) is 0.642. The molecular formula is C27H27FN2O4. The van der Waals surface area contributed by atoms with Crippen molar-refractivity contribution in [2.75, 3.05) is 31.2 Å². The number of halogens is 1. The summed E-state index contributed by atoms with van der Waals surface area (Å²) in [4.78, 5) is 28.7. The van der Waals surface area contributed by atoms with Crippen LogP contribution in [-0.4, -0.2) is 48.6 Å². The summed E-state index contributed by atoms with van der Waals surface area (Å²) in [6, 6.07) is 12.4. The number of carbonyl (C=O) groups is 2. The van der Waals surface area contributed by atoms with Gasteiger partial charge in [0.15, 0.2) is 0 Å². The Balaban J connectivity index is 1.50. The third-order valence-electron chi connectivity index (χ3n) is 6.51. The molecule has 34 heavy (non-hydrogen) atoms. The molecule has 6 nitrogen and oxygen atoms in total. The van der Waals surface area contributed by atoms with Crippen LogP contribution in [0.15, 0.2) is 54.3 Å². The monoisotopic (exact) mass is 462 g/mol. The number of rotatable bonds is 3. The van der Waals surface area contributed by atoms with Crippen molar-refractivity contribution in [1.82, 2.24) is 4.90 Å². The Bertz CT molecular complexity index is 1220. The van der Waals surface area contributed by atoms with Gasteiger partial charge in [-0.1, -0.05) is 24.3 Å². The fraction of sp³-hybridized carbons (Fsp3) is 0.333. The summed E-state index contributed by atoms with van der Waals surface area (Å²) in [6.45, 7) is 9.46. The summed E-state index contributed by atoms with van der Waals surface area (Å²) in [5, 5.41) is 0. The maximum absolute atomic E-state index is 13.9. The predicted molar refractivity (Wildman–Crippen MR) is 127 cm³/mol. The lowest BCUT2D eigenvalue weighted by Gasteiger charge is -2.27. The van der Waals surface area contributed by atoms with Gasteiger partial charge in [-0.15, -0.1) is 0 Å². The first kappa shape index (κ1) is 22.5. The average molecular weight is 463 g/mol. The number of fused-ring (bicyclic) bond motifs is 1. The van der Waals surface area contributed by atoms with Crippen LogP contribution in [0.5, 0.6) is 0 Å². The molecule has 3 heterocycles. The molecule has 0 bridgehead atoms. The molecule has 0 saturated carbocycles. The largest absolute Gasteiger partial charge is 0.482 e. The van der Waals surface area contributed by atoms with Gasteiger partial charge >= 0.3 is 0 Å². The van der Waals surface area contributed by atoms with Crippen LogP contribution in [0.4, 0.5) is 10.1 Å². The Morgan fingerprint density at radius 2 is 1.79 bits per heavy atom. The molecule has 0 atom stereocenters. The molecule has 2 aromatic carbocycles. The van der Waals surface area contributed by atoms with E-state index in [4.69, 9.17) is 9.47 Å². The Labute approximate surface area is 198 Å². The smallest absolute Gasteiger partial charge is 0.269 e. The van der Waals surface area contributed by atoms with Crippen molar-refractivity contribution in [3.8, 4) is 0 Å². The number of benzene rings is 2. The third-order valence-corrected chi connectivity index (χ3v) is 6.51. The van der Waals surface area contributed by atoms with Gasteiger partial charge in [-0.3, -0.25) is 14.5 Å². The third kappa shape index (κ3) is 3.95. The maximum Gasteiger partial charge on any atom is 0.269 e. The van der Waals surface area contributed by atoms with Crippen molar-refractivity contribution in [3.05, 3.63) is 76.8 Å². The van der Waals surface area contributed by atoms with Gasteiger partial charge in [0.05, 0.1) is 24.5 Å². The highest BCUT2D eigenvalue weighted by Gasteiger charge is 2.42. The zero-order valence-electron chi connectivity index (χ0n) is 19.6. The highest BCUT2D eigenvalue weighted by atomic mass is 19.1. The standard InChI is InChI=1S/C27H27FN2O4/c1-17(31)30-23-14-20(28)8-9-21(23)25(26(30)32)24-15-22(27(2,3)34-24)19-6-4-18(5-7-19)16-29-10-12-33-13-11-29/h4-9,14-15H,10-13,16H2,1-3H3/b25-24+. The number of anilines is 1. The normalized spacial score (nSPS) is 21.9. The van der Waals surface area contributed by atoms with Crippen LogP contribution in [0.2, 0.25) is 0 Å². The molecule has 0 aromatic heterocycles. The summed E-state index contributed by atoms with van der Waals surface area (Å²) in [6.07, 6.45) is 1.86. The van der Waals surface area contributed by atoms with Crippen LogP contribution in [-0.2, 0) is 25.6 Å². The minimum Gasteiger partial charge on any atom is -0.482 e.